The van der Waals surface area contributed by atoms with E-state index in [0.29, 0.717) is 32.2 Å². The number of ether oxygens (including phenoxy) is 3. The van der Waals surface area contributed by atoms with E-state index in [2.05, 4.69) is 37.4 Å². The molecule has 7 nitrogen and oxygen atoms in total. The van der Waals surface area contributed by atoms with Crippen LogP contribution < -0.4 is 4.74 Å². The first-order valence-corrected chi connectivity index (χ1v) is 13.3. The summed E-state index contributed by atoms with van der Waals surface area (Å²) in [5.41, 5.74) is 2.40. The third-order valence-corrected chi connectivity index (χ3v) is 7.76. The molecular formula is C27H36N2O5S. The third kappa shape index (κ3) is 6.42. The normalized spacial score (nSPS) is 19.6. The van der Waals surface area contributed by atoms with E-state index < -0.39 is 0 Å². The Morgan fingerprint density at radius 3 is 2.71 bits per heavy atom. The molecule has 0 N–H and O–H groups in total. The van der Waals surface area contributed by atoms with Gasteiger partial charge in [-0.3, -0.25) is 9.59 Å². The molecular weight excluding hydrogens is 464 g/mol. The Bertz CT molecular complexity index is 984. The molecule has 0 spiro atoms. The quantitative estimate of drug-likeness (QED) is 0.493. The lowest BCUT2D eigenvalue weighted by Gasteiger charge is -2.37. The summed E-state index contributed by atoms with van der Waals surface area (Å²) in [7, 11) is 1.49. The second-order valence-corrected chi connectivity index (χ2v) is 10.5. The van der Waals surface area contributed by atoms with Gasteiger partial charge in [0, 0.05) is 31.7 Å². The molecule has 2 aliphatic heterocycles. The molecule has 8 heteroatoms. The topological polar surface area (TPSA) is 68.3 Å². The Balaban J connectivity index is 1.47. The third-order valence-electron chi connectivity index (χ3n) is 6.76. The Hall–Kier alpha value is -2.42. The Kier molecular flexibility index (Phi) is 8.81. The number of fused-ring (bicyclic) bond motifs is 1. The zero-order chi connectivity index (χ0) is 24.8. The lowest BCUT2D eigenvalue weighted by Crippen LogP contribution is -2.49. The van der Waals surface area contributed by atoms with Gasteiger partial charge in [-0.25, -0.2) is 0 Å². The second-order valence-electron chi connectivity index (χ2n) is 9.53. The first kappa shape index (κ1) is 25.7. The smallest absolute Gasteiger partial charge is 0.249 e. The molecule has 2 aliphatic rings. The number of methoxy groups -OCH3 is 1. The highest BCUT2D eigenvalue weighted by molar-refractivity contribution is 7.10. The number of nitrogens with zero attached hydrogens (tertiary/aromatic N) is 2. The van der Waals surface area contributed by atoms with Gasteiger partial charge >= 0.3 is 0 Å². The van der Waals surface area contributed by atoms with Crippen LogP contribution in [0, 0.1) is 0 Å². The molecule has 2 aromatic rings. The highest BCUT2D eigenvalue weighted by Crippen LogP contribution is 2.34. The van der Waals surface area contributed by atoms with Crippen LogP contribution in [-0.2, 0) is 25.5 Å². The Morgan fingerprint density at radius 1 is 1.23 bits per heavy atom. The first-order valence-electron chi connectivity index (χ1n) is 12.4. The minimum atomic E-state index is -0.192. The minimum Gasteiger partial charge on any atom is -0.491 e. The molecule has 0 aliphatic carbocycles. The molecule has 35 heavy (non-hydrogen) atoms. The fourth-order valence-corrected chi connectivity index (χ4v) is 5.68. The maximum atomic E-state index is 13.6. The van der Waals surface area contributed by atoms with Crippen molar-refractivity contribution >= 4 is 23.2 Å². The van der Waals surface area contributed by atoms with E-state index in [4.69, 9.17) is 14.2 Å². The van der Waals surface area contributed by atoms with Crippen LogP contribution in [0.4, 0.5) is 0 Å². The average Bonchev–Trinajstić information content (AvgIpc) is 3.54. The van der Waals surface area contributed by atoms with E-state index in [9.17, 15) is 9.59 Å². The summed E-state index contributed by atoms with van der Waals surface area (Å²) in [6.07, 6.45) is 2.67. The number of thiophene rings is 1. The fourth-order valence-electron chi connectivity index (χ4n) is 4.76. The van der Waals surface area contributed by atoms with Crippen LogP contribution in [0.5, 0.6) is 5.75 Å². The van der Waals surface area contributed by atoms with E-state index in [1.807, 2.05) is 17.0 Å². The van der Waals surface area contributed by atoms with Crippen LogP contribution in [0.15, 0.2) is 35.7 Å². The maximum absolute atomic E-state index is 13.6. The number of hydrogen-bond donors (Lipinski definition) is 0. The van der Waals surface area contributed by atoms with Crippen molar-refractivity contribution in [3.05, 3.63) is 51.7 Å². The molecule has 2 amide bonds. The molecule has 3 heterocycles. The zero-order valence-corrected chi connectivity index (χ0v) is 21.7. The van der Waals surface area contributed by atoms with Gasteiger partial charge < -0.3 is 24.0 Å². The summed E-state index contributed by atoms with van der Waals surface area (Å²) in [6.45, 7) is 6.39. The van der Waals surface area contributed by atoms with Gasteiger partial charge in [-0.1, -0.05) is 26.0 Å². The molecule has 1 fully saturated rings. The number of carbonyl (C=O) groups is 2. The van der Waals surface area contributed by atoms with Crippen molar-refractivity contribution in [1.29, 1.82) is 0 Å². The van der Waals surface area contributed by atoms with Crippen molar-refractivity contribution in [3.8, 4) is 5.75 Å². The van der Waals surface area contributed by atoms with Crippen molar-refractivity contribution in [2.24, 2.45) is 0 Å². The summed E-state index contributed by atoms with van der Waals surface area (Å²) in [4.78, 5) is 31.0. The Morgan fingerprint density at radius 2 is 2.03 bits per heavy atom. The largest absolute Gasteiger partial charge is 0.491 e. The van der Waals surface area contributed by atoms with Crippen molar-refractivity contribution in [2.75, 3.05) is 46.6 Å². The molecule has 0 bridgehead atoms. The van der Waals surface area contributed by atoms with Crippen LogP contribution in [-0.4, -0.2) is 74.3 Å². The summed E-state index contributed by atoms with van der Waals surface area (Å²) < 4.78 is 17.0. The number of benzene rings is 1. The molecule has 2 atom stereocenters. The molecule has 1 saturated heterocycles. The molecule has 0 radical (unpaired) electrons. The lowest BCUT2D eigenvalue weighted by molar-refractivity contribution is -0.145. The van der Waals surface area contributed by atoms with Crippen molar-refractivity contribution in [2.45, 2.75) is 51.2 Å². The summed E-state index contributed by atoms with van der Waals surface area (Å²) in [6, 6.07) is 10.1. The average molecular weight is 501 g/mol. The van der Waals surface area contributed by atoms with E-state index in [1.165, 1.54) is 17.6 Å². The minimum absolute atomic E-state index is 0.0150. The number of rotatable bonds is 10. The van der Waals surface area contributed by atoms with Crippen molar-refractivity contribution in [1.82, 2.24) is 9.80 Å². The standard InChI is InChI=1S/C27H36N2O5S/c1-19(2)20-6-8-21(9-7-20)34-17-24-23-11-14-35-25(23)10-12-29(24)26(30)16-28(27(31)18-32-3)15-22-5-4-13-33-22/h6-9,11,14,19,22,24H,4-5,10,12-13,15-18H2,1-3H3/t22-,24+/m0/s1. The van der Waals surface area contributed by atoms with Gasteiger partial charge in [0.2, 0.25) is 11.8 Å². The van der Waals surface area contributed by atoms with Crippen molar-refractivity contribution in [3.63, 3.8) is 0 Å². The summed E-state index contributed by atoms with van der Waals surface area (Å²) in [5.74, 6) is 0.984. The fraction of sp³-hybridized carbons (Fsp3) is 0.556. The molecule has 4 rings (SSSR count). The van der Waals surface area contributed by atoms with E-state index in [1.54, 1.807) is 16.2 Å². The van der Waals surface area contributed by atoms with Gasteiger partial charge in [-0.2, -0.15) is 0 Å². The Labute approximate surface area is 212 Å². The highest BCUT2D eigenvalue weighted by atomic mass is 32.1. The van der Waals surface area contributed by atoms with Gasteiger partial charge in [0.25, 0.3) is 0 Å². The zero-order valence-electron chi connectivity index (χ0n) is 20.9. The first-order chi connectivity index (χ1) is 17.0. The number of carbonyl (C=O) groups excluding carboxylic acids is 2. The van der Waals surface area contributed by atoms with Gasteiger partial charge in [-0.05, 0) is 59.9 Å². The van der Waals surface area contributed by atoms with Crippen LogP contribution in [0.25, 0.3) is 0 Å². The second kappa shape index (κ2) is 12.0. The van der Waals surface area contributed by atoms with Crippen LogP contribution in [0.1, 0.15) is 54.7 Å². The summed E-state index contributed by atoms with van der Waals surface area (Å²) in [5, 5.41) is 2.08. The summed E-state index contributed by atoms with van der Waals surface area (Å²) >= 11 is 1.73. The van der Waals surface area contributed by atoms with E-state index >= 15 is 0 Å². The van der Waals surface area contributed by atoms with Gasteiger partial charge in [-0.15, -0.1) is 11.3 Å². The lowest BCUT2D eigenvalue weighted by atomic mass is 10.00. The monoisotopic (exact) mass is 500 g/mol. The van der Waals surface area contributed by atoms with Gasteiger partial charge in [0.15, 0.2) is 0 Å². The molecule has 1 aromatic carbocycles. The van der Waals surface area contributed by atoms with Gasteiger partial charge in [0.1, 0.15) is 19.0 Å². The van der Waals surface area contributed by atoms with Gasteiger partial charge in [0.05, 0.1) is 18.7 Å². The SMILES string of the molecule is COCC(=O)N(CC(=O)N1CCc2sccc2[C@H]1COc1ccc(C(C)C)cc1)C[C@@H]1CCCO1. The highest BCUT2D eigenvalue weighted by Gasteiger charge is 2.34. The van der Waals surface area contributed by atoms with Crippen LogP contribution in [0.2, 0.25) is 0 Å². The molecule has 0 unspecified atom stereocenters. The molecule has 190 valence electrons. The van der Waals surface area contributed by atoms with Crippen LogP contribution >= 0.6 is 11.3 Å². The van der Waals surface area contributed by atoms with Crippen molar-refractivity contribution < 1.29 is 23.8 Å². The number of amides is 2. The van der Waals surface area contributed by atoms with E-state index in [-0.39, 0.29) is 37.1 Å². The number of hydrogen-bond acceptors (Lipinski definition) is 6. The van der Waals surface area contributed by atoms with Crippen LogP contribution in [0.3, 0.4) is 0 Å². The predicted molar refractivity (Wildman–Crippen MR) is 136 cm³/mol. The predicted octanol–water partition coefficient (Wildman–Crippen LogP) is 4.03. The van der Waals surface area contributed by atoms with E-state index in [0.717, 1.165) is 30.6 Å². The molecule has 0 saturated carbocycles. The molecule has 1 aromatic heterocycles. The maximum Gasteiger partial charge on any atom is 0.249 e.